The number of carbonyl (C=O) groups is 1. The fourth-order valence-electron chi connectivity index (χ4n) is 2.45. The summed E-state index contributed by atoms with van der Waals surface area (Å²) in [4.78, 5) is 13.6. The van der Waals surface area contributed by atoms with Gasteiger partial charge in [-0.15, -0.1) is 0 Å². The molecule has 0 aromatic carbocycles. The minimum atomic E-state index is -0.671. The van der Waals surface area contributed by atoms with Crippen LogP contribution in [0.5, 0.6) is 0 Å². The van der Waals surface area contributed by atoms with Crippen LogP contribution in [0.2, 0.25) is 0 Å². The fraction of sp³-hybridized carbons (Fsp3) is 0.923. The number of piperazine rings is 1. The van der Waals surface area contributed by atoms with Crippen molar-refractivity contribution < 1.29 is 9.90 Å². The first kappa shape index (κ1) is 14.5. The minimum Gasteiger partial charge on any atom is -0.480 e. The van der Waals surface area contributed by atoms with Gasteiger partial charge in [-0.05, 0) is 13.3 Å². The Morgan fingerprint density at radius 3 is 2.47 bits per heavy atom. The number of hydrogen-bond acceptors (Lipinski definition) is 3. The maximum Gasteiger partial charge on any atom is 0.323 e. The van der Waals surface area contributed by atoms with Gasteiger partial charge in [-0.25, -0.2) is 0 Å². The van der Waals surface area contributed by atoms with Gasteiger partial charge >= 0.3 is 5.97 Å². The van der Waals surface area contributed by atoms with Crippen molar-refractivity contribution in [1.82, 2.24) is 10.2 Å². The molecule has 100 valence electrons. The average Bonchev–Trinajstić information content (AvgIpc) is 2.35. The molecule has 0 bridgehead atoms. The van der Waals surface area contributed by atoms with Gasteiger partial charge in [0.15, 0.2) is 0 Å². The Labute approximate surface area is 104 Å². The number of unbranched alkanes of at least 4 members (excludes halogenated alkanes) is 3. The summed E-state index contributed by atoms with van der Waals surface area (Å²) in [7, 11) is 0. The Kier molecular flexibility index (Phi) is 5.92. The van der Waals surface area contributed by atoms with Crippen LogP contribution in [0.3, 0.4) is 0 Å². The van der Waals surface area contributed by atoms with Crippen molar-refractivity contribution in [3.05, 3.63) is 0 Å². The van der Waals surface area contributed by atoms with E-state index in [0.717, 1.165) is 45.4 Å². The third-order valence-corrected chi connectivity index (χ3v) is 3.79. The van der Waals surface area contributed by atoms with Gasteiger partial charge in [0, 0.05) is 26.2 Å². The van der Waals surface area contributed by atoms with Crippen molar-refractivity contribution in [3.63, 3.8) is 0 Å². The molecular formula is C13H26N2O2. The molecule has 4 heteroatoms. The average molecular weight is 242 g/mol. The van der Waals surface area contributed by atoms with Crippen LogP contribution in [0.1, 0.15) is 46.0 Å². The van der Waals surface area contributed by atoms with E-state index in [2.05, 4.69) is 17.1 Å². The molecule has 2 N–H and O–H groups in total. The predicted molar refractivity (Wildman–Crippen MR) is 69.2 cm³/mol. The highest BCUT2D eigenvalue weighted by Gasteiger charge is 2.39. The maximum absolute atomic E-state index is 11.5. The van der Waals surface area contributed by atoms with Crippen LogP contribution in [0, 0.1) is 0 Å². The molecule has 1 rings (SSSR count). The number of aliphatic carboxylic acids is 1. The van der Waals surface area contributed by atoms with Crippen LogP contribution >= 0.6 is 0 Å². The number of hydrogen-bond donors (Lipinski definition) is 2. The molecule has 0 amide bonds. The number of nitrogens with one attached hydrogen (secondary N) is 1. The van der Waals surface area contributed by atoms with E-state index in [9.17, 15) is 9.90 Å². The van der Waals surface area contributed by atoms with Crippen molar-refractivity contribution in [2.45, 2.75) is 51.5 Å². The molecule has 1 atom stereocenters. The Morgan fingerprint density at radius 1 is 1.29 bits per heavy atom. The van der Waals surface area contributed by atoms with Crippen molar-refractivity contribution in [2.75, 3.05) is 26.2 Å². The summed E-state index contributed by atoms with van der Waals surface area (Å²) in [6.07, 6.45) is 5.32. The van der Waals surface area contributed by atoms with Crippen molar-refractivity contribution in [3.8, 4) is 0 Å². The highest BCUT2D eigenvalue weighted by molar-refractivity contribution is 5.78. The van der Waals surface area contributed by atoms with Gasteiger partial charge in [0.2, 0.25) is 0 Å². The first-order valence-corrected chi connectivity index (χ1v) is 6.80. The Morgan fingerprint density at radius 2 is 1.94 bits per heavy atom. The Bertz CT molecular complexity index is 240. The molecule has 4 nitrogen and oxygen atoms in total. The zero-order valence-electron chi connectivity index (χ0n) is 11.2. The summed E-state index contributed by atoms with van der Waals surface area (Å²) in [6, 6.07) is 0. The number of rotatable bonds is 7. The van der Waals surface area contributed by atoms with E-state index in [1.807, 2.05) is 6.92 Å². The molecule has 0 radical (unpaired) electrons. The van der Waals surface area contributed by atoms with Crippen molar-refractivity contribution in [2.24, 2.45) is 0 Å². The van der Waals surface area contributed by atoms with E-state index < -0.39 is 11.5 Å². The predicted octanol–water partition coefficient (Wildman–Crippen LogP) is 1.71. The molecule has 1 saturated heterocycles. The largest absolute Gasteiger partial charge is 0.480 e. The Balaban J connectivity index is 2.51. The van der Waals surface area contributed by atoms with E-state index >= 15 is 0 Å². The molecule has 0 spiro atoms. The van der Waals surface area contributed by atoms with Gasteiger partial charge in [-0.1, -0.05) is 32.6 Å². The topological polar surface area (TPSA) is 52.6 Å². The lowest BCUT2D eigenvalue weighted by Gasteiger charge is -2.40. The highest BCUT2D eigenvalue weighted by Crippen LogP contribution is 2.23. The summed E-state index contributed by atoms with van der Waals surface area (Å²) in [5.41, 5.74) is -0.671. The molecule has 1 aliphatic heterocycles. The maximum atomic E-state index is 11.5. The lowest BCUT2D eigenvalue weighted by Crippen LogP contribution is -2.58. The molecule has 0 aromatic rings. The van der Waals surface area contributed by atoms with E-state index in [-0.39, 0.29) is 0 Å². The SMILES string of the molecule is CCCCCCC(C)(C(=O)O)N1CCNCC1. The van der Waals surface area contributed by atoms with Crippen LogP contribution in [-0.2, 0) is 4.79 Å². The molecular weight excluding hydrogens is 216 g/mol. The summed E-state index contributed by atoms with van der Waals surface area (Å²) >= 11 is 0. The first-order valence-electron chi connectivity index (χ1n) is 6.80. The number of carboxylic acid groups (broad SMARTS) is 1. The summed E-state index contributed by atoms with van der Waals surface area (Å²) in [5, 5.41) is 12.7. The van der Waals surface area contributed by atoms with Crippen LogP contribution in [0.15, 0.2) is 0 Å². The summed E-state index contributed by atoms with van der Waals surface area (Å²) in [5.74, 6) is -0.670. The number of nitrogens with zero attached hydrogens (tertiary/aromatic N) is 1. The number of carboxylic acids is 1. The molecule has 0 aromatic heterocycles. The quantitative estimate of drug-likeness (QED) is 0.667. The summed E-state index contributed by atoms with van der Waals surface area (Å²) in [6.45, 7) is 7.54. The fourth-order valence-corrected chi connectivity index (χ4v) is 2.45. The van der Waals surface area contributed by atoms with Crippen LogP contribution < -0.4 is 5.32 Å². The second-order valence-corrected chi connectivity index (χ2v) is 5.13. The Hall–Kier alpha value is -0.610. The van der Waals surface area contributed by atoms with Gasteiger partial charge in [0.1, 0.15) is 5.54 Å². The molecule has 1 aliphatic rings. The minimum absolute atomic E-state index is 0.670. The van der Waals surface area contributed by atoms with Crippen LogP contribution in [0.4, 0.5) is 0 Å². The zero-order valence-corrected chi connectivity index (χ0v) is 11.2. The second-order valence-electron chi connectivity index (χ2n) is 5.13. The van der Waals surface area contributed by atoms with Gasteiger partial charge in [-0.3, -0.25) is 9.69 Å². The lowest BCUT2D eigenvalue weighted by atomic mass is 9.91. The van der Waals surface area contributed by atoms with Gasteiger partial charge in [-0.2, -0.15) is 0 Å². The lowest BCUT2D eigenvalue weighted by molar-refractivity contribution is -0.151. The van der Waals surface area contributed by atoms with Gasteiger partial charge in [0.05, 0.1) is 0 Å². The van der Waals surface area contributed by atoms with E-state index in [1.165, 1.54) is 12.8 Å². The standard InChI is InChI=1S/C13H26N2O2/c1-3-4-5-6-7-13(2,12(16)17)15-10-8-14-9-11-15/h14H,3-11H2,1-2H3,(H,16,17). The van der Waals surface area contributed by atoms with E-state index in [0.29, 0.717) is 0 Å². The first-order chi connectivity index (χ1) is 8.11. The smallest absolute Gasteiger partial charge is 0.323 e. The van der Waals surface area contributed by atoms with Gasteiger partial charge in [0.25, 0.3) is 0 Å². The van der Waals surface area contributed by atoms with E-state index in [4.69, 9.17) is 0 Å². The zero-order chi connectivity index (χ0) is 12.7. The van der Waals surface area contributed by atoms with Crippen molar-refractivity contribution in [1.29, 1.82) is 0 Å². The normalized spacial score (nSPS) is 21.1. The van der Waals surface area contributed by atoms with Crippen LogP contribution in [0.25, 0.3) is 0 Å². The molecule has 0 aliphatic carbocycles. The monoisotopic (exact) mass is 242 g/mol. The molecule has 1 heterocycles. The third kappa shape index (κ3) is 3.96. The van der Waals surface area contributed by atoms with E-state index in [1.54, 1.807) is 0 Å². The highest BCUT2D eigenvalue weighted by atomic mass is 16.4. The third-order valence-electron chi connectivity index (χ3n) is 3.79. The molecule has 17 heavy (non-hydrogen) atoms. The summed E-state index contributed by atoms with van der Waals surface area (Å²) < 4.78 is 0. The molecule has 0 saturated carbocycles. The van der Waals surface area contributed by atoms with Crippen LogP contribution in [-0.4, -0.2) is 47.7 Å². The molecule has 1 unspecified atom stereocenters. The van der Waals surface area contributed by atoms with Crippen molar-refractivity contribution >= 4 is 5.97 Å². The second kappa shape index (κ2) is 6.97. The molecule has 1 fully saturated rings. The van der Waals surface area contributed by atoms with Gasteiger partial charge < -0.3 is 10.4 Å².